The van der Waals surface area contributed by atoms with Crippen molar-refractivity contribution in [3.63, 3.8) is 0 Å². The maximum absolute atomic E-state index is 12.5. The number of phenolic OH excluding ortho intramolecular Hbond substituents is 1. The highest BCUT2D eigenvalue weighted by Crippen LogP contribution is 2.34. The summed E-state index contributed by atoms with van der Waals surface area (Å²) < 4.78 is 11.1. The molecule has 1 aromatic heterocycles. The van der Waals surface area contributed by atoms with E-state index in [-0.39, 0.29) is 41.8 Å². The van der Waals surface area contributed by atoms with Crippen LogP contribution in [-0.4, -0.2) is 41.2 Å². The zero-order valence-corrected chi connectivity index (χ0v) is 18.3. The largest absolute Gasteiger partial charge is 0.507 e. The summed E-state index contributed by atoms with van der Waals surface area (Å²) in [6.45, 7) is 5.73. The summed E-state index contributed by atoms with van der Waals surface area (Å²) in [5.41, 5.74) is 8.07. The van der Waals surface area contributed by atoms with Crippen molar-refractivity contribution >= 4 is 28.5 Å². The van der Waals surface area contributed by atoms with Crippen LogP contribution in [0.5, 0.6) is 11.5 Å². The molecule has 2 aromatic carbocycles. The van der Waals surface area contributed by atoms with E-state index >= 15 is 0 Å². The molecule has 1 heterocycles. The first-order chi connectivity index (χ1) is 15.4. The molecular weight excluding hydrogens is 410 g/mol. The highest BCUT2D eigenvalue weighted by Gasteiger charge is 2.21. The highest BCUT2D eigenvalue weighted by atomic mass is 16.5. The number of carbonyl (C=O) groups excluding carboxylic acids is 2. The maximum Gasteiger partial charge on any atom is 0.342 e. The van der Waals surface area contributed by atoms with Gasteiger partial charge in [-0.3, -0.25) is 9.78 Å². The predicted octanol–water partition coefficient (Wildman–Crippen LogP) is 3.60. The SMILES string of the molecule is CCOC(=O)c1c(C)nc2cccc(OCC(CC)NC(=O)c3ccccc3O)c2c1N. The third-order valence-corrected chi connectivity index (χ3v) is 5.09. The number of para-hydroxylation sites is 1. The zero-order valence-electron chi connectivity index (χ0n) is 18.3. The number of benzene rings is 2. The molecule has 3 rings (SSSR count). The molecule has 1 amide bonds. The Balaban J connectivity index is 1.85. The number of nitrogens with zero attached hydrogens (tertiary/aromatic N) is 1. The number of nitrogens with two attached hydrogens (primary N) is 1. The van der Waals surface area contributed by atoms with Gasteiger partial charge in [0.2, 0.25) is 0 Å². The summed E-state index contributed by atoms with van der Waals surface area (Å²) >= 11 is 0. The Bertz CT molecular complexity index is 1150. The van der Waals surface area contributed by atoms with Crippen molar-refractivity contribution in [2.24, 2.45) is 0 Å². The van der Waals surface area contributed by atoms with E-state index in [1.807, 2.05) is 6.92 Å². The van der Waals surface area contributed by atoms with Gasteiger partial charge in [0.1, 0.15) is 23.7 Å². The molecular formula is C24H27N3O5. The third kappa shape index (κ3) is 4.74. The van der Waals surface area contributed by atoms with Gasteiger partial charge >= 0.3 is 5.97 Å². The minimum Gasteiger partial charge on any atom is -0.507 e. The number of fused-ring (bicyclic) bond motifs is 1. The lowest BCUT2D eigenvalue weighted by molar-refractivity contribution is 0.0526. The molecule has 8 heteroatoms. The molecule has 0 radical (unpaired) electrons. The van der Waals surface area contributed by atoms with E-state index in [4.69, 9.17) is 15.2 Å². The van der Waals surface area contributed by atoms with Crippen molar-refractivity contribution in [1.82, 2.24) is 10.3 Å². The van der Waals surface area contributed by atoms with Crippen LogP contribution in [0.3, 0.4) is 0 Å². The van der Waals surface area contributed by atoms with Gasteiger partial charge in [-0.15, -0.1) is 0 Å². The van der Waals surface area contributed by atoms with Crippen LogP contribution >= 0.6 is 0 Å². The van der Waals surface area contributed by atoms with Crippen LogP contribution in [0.4, 0.5) is 5.69 Å². The van der Waals surface area contributed by atoms with E-state index in [2.05, 4.69) is 10.3 Å². The number of phenols is 1. The molecule has 168 valence electrons. The average Bonchev–Trinajstić information content (AvgIpc) is 2.76. The summed E-state index contributed by atoms with van der Waals surface area (Å²) in [7, 11) is 0. The van der Waals surface area contributed by atoms with E-state index in [1.54, 1.807) is 50.2 Å². The number of nitrogen functional groups attached to an aromatic ring is 1. The summed E-state index contributed by atoms with van der Waals surface area (Å²) in [6.07, 6.45) is 0.602. The standard InChI is InChI=1S/C24H27N3O5/c1-4-15(27-23(29)16-9-6-7-11-18(16)28)13-32-19-12-8-10-17-21(19)22(25)20(14(3)26-17)24(30)31-5-2/h6-12,15,28H,4-5,13H2,1-3H3,(H2,25,26)(H,27,29). The number of hydrogen-bond donors (Lipinski definition) is 3. The number of carbonyl (C=O) groups is 2. The van der Waals surface area contributed by atoms with Crippen LogP contribution in [0.2, 0.25) is 0 Å². The molecule has 0 aliphatic heterocycles. The number of hydrogen-bond acceptors (Lipinski definition) is 7. The number of esters is 1. The molecule has 0 spiro atoms. The number of anilines is 1. The van der Waals surface area contributed by atoms with Crippen molar-refractivity contribution in [2.75, 3.05) is 18.9 Å². The average molecular weight is 437 g/mol. The topological polar surface area (TPSA) is 124 Å². The van der Waals surface area contributed by atoms with Crippen molar-refractivity contribution in [3.05, 3.63) is 59.3 Å². The molecule has 1 unspecified atom stereocenters. The number of nitrogens with one attached hydrogen (secondary N) is 1. The van der Waals surface area contributed by atoms with Crippen LogP contribution in [0.15, 0.2) is 42.5 Å². The van der Waals surface area contributed by atoms with Crippen molar-refractivity contribution in [1.29, 1.82) is 0 Å². The van der Waals surface area contributed by atoms with E-state index in [9.17, 15) is 14.7 Å². The smallest absolute Gasteiger partial charge is 0.342 e. The molecule has 0 bridgehead atoms. The van der Waals surface area contributed by atoms with Gasteiger partial charge in [-0.1, -0.05) is 25.1 Å². The first-order valence-electron chi connectivity index (χ1n) is 10.4. The monoisotopic (exact) mass is 437 g/mol. The molecule has 8 nitrogen and oxygen atoms in total. The fourth-order valence-electron chi connectivity index (χ4n) is 3.40. The fourth-order valence-corrected chi connectivity index (χ4v) is 3.40. The van der Waals surface area contributed by atoms with Crippen LogP contribution in [0, 0.1) is 6.92 Å². The second-order valence-corrected chi connectivity index (χ2v) is 7.26. The second-order valence-electron chi connectivity index (χ2n) is 7.26. The maximum atomic E-state index is 12.5. The van der Waals surface area contributed by atoms with Gasteiger partial charge < -0.3 is 25.6 Å². The lowest BCUT2D eigenvalue weighted by Gasteiger charge is -2.20. The highest BCUT2D eigenvalue weighted by molar-refractivity contribution is 6.07. The zero-order chi connectivity index (χ0) is 23.3. The Morgan fingerprint density at radius 2 is 1.91 bits per heavy atom. The van der Waals surface area contributed by atoms with Gasteiger partial charge in [0.25, 0.3) is 5.91 Å². The van der Waals surface area contributed by atoms with Gasteiger partial charge in [0.15, 0.2) is 0 Å². The lowest BCUT2D eigenvalue weighted by atomic mass is 10.1. The Morgan fingerprint density at radius 3 is 2.59 bits per heavy atom. The first-order valence-corrected chi connectivity index (χ1v) is 10.4. The number of aromatic hydroxyl groups is 1. The van der Waals surface area contributed by atoms with Crippen LogP contribution in [0.25, 0.3) is 10.9 Å². The summed E-state index contributed by atoms with van der Waals surface area (Å²) in [5, 5.41) is 13.3. The minimum absolute atomic E-state index is 0.0875. The van der Waals surface area contributed by atoms with Gasteiger partial charge in [0.05, 0.1) is 40.5 Å². The quantitative estimate of drug-likeness (QED) is 0.460. The van der Waals surface area contributed by atoms with Gasteiger partial charge in [0, 0.05) is 0 Å². The molecule has 0 aliphatic carbocycles. The number of ether oxygens (including phenoxy) is 2. The van der Waals surface area contributed by atoms with Crippen molar-refractivity contribution < 1.29 is 24.2 Å². The van der Waals surface area contributed by atoms with Crippen molar-refractivity contribution in [3.8, 4) is 11.5 Å². The van der Waals surface area contributed by atoms with Gasteiger partial charge in [-0.2, -0.15) is 0 Å². The van der Waals surface area contributed by atoms with Crippen LogP contribution < -0.4 is 15.8 Å². The molecule has 0 aliphatic rings. The number of pyridine rings is 1. The molecule has 0 fully saturated rings. The van der Waals surface area contributed by atoms with Gasteiger partial charge in [-0.25, -0.2) is 4.79 Å². The number of aryl methyl sites for hydroxylation is 1. The number of amides is 1. The van der Waals surface area contributed by atoms with Crippen molar-refractivity contribution in [2.45, 2.75) is 33.2 Å². The number of aromatic nitrogens is 1. The lowest BCUT2D eigenvalue weighted by Crippen LogP contribution is -2.38. The van der Waals surface area contributed by atoms with Crippen LogP contribution in [-0.2, 0) is 4.74 Å². The molecule has 1 atom stereocenters. The third-order valence-electron chi connectivity index (χ3n) is 5.09. The minimum atomic E-state index is -0.534. The van der Waals surface area contributed by atoms with E-state index < -0.39 is 11.9 Å². The van der Waals surface area contributed by atoms with Crippen LogP contribution in [0.1, 0.15) is 46.7 Å². The Kier molecular flexibility index (Phi) is 7.14. The molecule has 0 saturated heterocycles. The summed E-state index contributed by atoms with van der Waals surface area (Å²) in [6, 6.07) is 11.3. The molecule has 3 aromatic rings. The summed E-state index contributed by atoms with van der Waals surface area (Å²) in [5.74, 6) is -0.560. The predicted molar refractivity (Wildman–Crippen MR) is 122 cm³/mol. The Morgan fingerprint density at radius 1 is 1.16 bits per heavy atom. The second kappa shape index (κ2) is 10.00. The van der Waals surface area contributed by atoms with Gasteiger partial charge in [-0.05, 0) is 44.5 Å². The summed E-state index contributed by atoms with van der Waals surface area (Å²) in [4.78, 5) is 29.4. The van der Waals surface area contributed by atoms with E-state index in [0.29, 0.717) is 28.8 Å². The number of rotatable bonds is 8. The molecule has 4 N–H and O–H groups in total. The molecule has 32 heavy (non-hydrogen) atoms. The first kappa shape index (κ1) is 22.9. The van der Waals surface area contributed by atoms with E-state index in [1.165, 1.54) is 6.07 Å². The fraction of sp³-hybridized carbons (Fsp3) is 0.292. The van der Waals surface area contributed by atoms with E-state index in [0.717, 1.165) is 0 Å². The normalized spacial score (nSPS) is 11.7. The Hall–Kier alpha value is -3.81. The Labute approximate surface area is 186 Å². The molecule has 0 saturated carbocycles.